The lowest BCUT2D eigenvalue weighted by Gasteiger charge is -2.20. The number of methoxy groups -OCH3 is 1. The lowest BCUT2D eigenvalue weighted by Crippen LogP contribution is -2.38. The van der Waals surface area contributed by atoms with Crippen LogP contribution in [0.15, 0.2) is 0 Å². The first-order valence-corrected chi connectivity index (χ1v) is 6.56. The topological polar surface area (TPSA) is 41.6 Å². The van der Waals surface area contributed by atoms with Gasteiger partial charge in [-0.1, -0.05) is 13.8 Å². The van der Waals surface area contributed by atoms with Gasteiger partial charge in [-0.15, -0.1) is 0 Å². The maximum atomic E-state index is 11.4. The first-order valence-electron chi connectivity index (χ1n) is 6.56. The van der Waals surface area contributed by atoms with Crippen molar-refractivity contribution in [3.05, 3.63) is 0 Å². The number of rotatable bonds is 6. The van der Waals surface area contributed by atoms with Gasteiger partial charge in [0.1, 0.15) is 6.04 Å². The minimum absolute atomic E-state index is 0.160. The van der Waals surface area contributed by atoms with Crippen LogP contribution in [0.4, 0.5) is 0 Å². The molecule has 0 radical (unpaired) electrons. The molecular weight excluding hydrogens is 216 g/mol. The summed E-state index contributed by atoms with van der Waals surface area (Å²) in [5, 5.41) is 3.01. The van der Waals surface area contributed by atoms with Gasteiger partial charge in [0.25, 0.3) is 0 Å². The van der Waals surface area contributed by atoms with E-state index in [1.54, 1.807) is 0 Å². The number of carbonyl (C=O) groups is 1. The van der Waals surface area contributed by atoms with Crippen LogP contribution in [0.3, 0.4) is 0 Å². The summed E-state index contributed by atoms with van der Waals surface area (Å²) in [6.45, 7) is 7.90. The highest BCUT2D eigenvalue weighted by molar-refractivity contribution is 5.75. The molecule has 0 saturated carbocycles. The maximum absolute atomic E-state index is 11.4. The maximum Gasteiger partial charge on any atom is 0.322 e. The van der Waals surface area contributed by atoms with Gasteiger partial charge in [-0.05, 0) is 38.3 Å². The average Bonchev–Trinajstić information content (AvgIpc) is 2.78. The third-order valence-electron chi connectivity index (χ3n) is 3.82. The normalized spacial score (nSPS) is 23.0. The van der Waals surface area contributed by atoms with Crippen LogP contribution in [0.1, 0.15) is 26.7 Å². The van der Waals surface area contributed by atoms with Crippen LogP contribution >= 0.6 is 0 Å². The van der Waals surface area contributed by atoms with Crippen molar-refractivity contribution in [2.24, 2.45) is 11.8 Å². The molecule has 1 N–H and O–H groups in total. The van der Waals surface area contributed by atoms with Gasteiger partial charge in [-0.2, -0.15) is 0 Å². The number of nitrogens with zero attached hydrogens (tertiary/aromatic N) is 1. The van der Waals surface area contributed by atoms with Crippen LogP contribution < -0.4 is 5.32 Å². The zero-order valence-electron chi connectivity index (χ0n) is 11.5. The molecule has 1 rings (SSSR count). The molecule has 0 aromatic carbocycles. The Bertz CT molecular complexity index is 244. The Labute approximate surface area is 105 Å². The number of likely N-dealkylation sites (N-methyl/N-ethyl adjacent to an activating group) is 1. The van der Waals surface area contributed by atoms with Gasteiger partial charge < -0.3 is 15.0 Å². The Morgan fingerprint density at radius 2 is 2.24 bits per heavy atom. The minimum atomic E-state index is -0.168. The summed E-state index contributed by atoms with van der Waals surface area (Å²) in [6.07, 6.45) is 2.12. The summed E-state index contributed by atoms with van der Waals surface area (Å²) < 4.78 is 4.76. The molecule has 4 nitrogen and oxygen atoms in total. The van der Waals surface area contributed by atoms with E-state index in [9.17, 15) is 4.79 Å². The van der Waals surface area contributed by atoms with Gasteiger partial charge in [-0.25, -0.2) is 0 Å². The molecular formula is C13H26N2O2. The quantitative estimate of drug-likeness (QED) is 0.709. The van der Waals surface area contributed by atoms with Crippen LogP contribution in [0, 0.1) is 11.8 Å². The standard InChI is InChI=1S/C13H26N2O2/c1-10(2)11-5-7-15(9-11)8-6-12(14-3)13(16)17-4/h10-12,14H,5-9H2,1-4H3. The molecule has 0 aliphatic carbocycles. The van der Waals surface area contributed by atoms with Gasteiger partial charge in [0, 0.05) is 13.1 Å². The summed E-state index contributed by atoms with van der Waals surface area (Å²) in [7, 11) is 3.25. The molecule has 1 aliphatic rings. The van der Waals surface area contributed by atoms with Crippen molar-refractivity contribution in [1.82, 2.24) is 10.2 Å². The summed E-state index contributed by atoms with van der Waals surface area (Å²) in [4.78, 5) is 13.9. The summed E-state index contributed by atoms with van der Waals surface area (Å²) >= 11 is 0. The molecule has 17 heavy (non-hydrogen) atoms. The highest BCUT2D eigenvalue weighted by atomic mass is 16.5. The van der Waals surface area contributed by atoms with Crippen molar-refractivity contribution in [2.75, 3.05) is 33.8 Å². The van der Waals surface area contributed by atoms with E-state index in [-0.39, 0.29) is 12.0 Å². The predicted octanol–water partition coefficient (Wildman–Crippen LogP) is 1.12. The largest absolute Gasteiger partial charge is 0.468 e. The zero-order chi connectivity index (χ0) is 12.8. The molecule has 0 spiro atoms. The second kappa shape index (κ2) is 6.97. The van der Waals surface area contributed by atoms with Crippen LogP contribution in [-0.4, -0.2) is 50.7 Å². The second-order valence-electron chi connectivity index (χ2n) is 5.25. The molecule has 2 atom stereocenters. The fourth-order valence-corrected chi connectivity index (χ4v) is 2.44. The fraction of sp³-hybridized carbons (Fsp3) is 0.923. The zero-order valence-corrected chi connectivity index (χ0v) is 11.5. The highest BCUT2D eigenvalue weighted by Crippen LogP contribution is 2.23. The third kappa shape index (κ3) is 4.28. The molecule has 1 saturated heterocycles. The summed E-state index contributed by atoms with van der Waals surface area (Å²) in [5.41, 5.74) is 0. The Morgan fingerprint density at radius 3 is 2.71 bits per heavy atom. The predicted molar refractivity (Wildman–Crippen MR) is 68.9 cm³/mol. The second-order valence-corrected chi connectivity index (χ2v) is 5.25. The van der Waals surface area contributed by atoms with E-state index in [0.717, 1.165) is 24.8 Å². The first-order chi connectivity index (χ1) is 8.08. The van der Waals surface area contributed by atoms with Crippen molar-refractivity contribution >= 4 is 5.97 Å². The molecule has 0 amide bonds. The van der Waals surface area contributed by atoms with E-state index in [2.05, 4.69) is 24.1 Å². The van der Waals surface area contributed by atoms with Gasteiger partial charge in [0.15, 0.2) is 0 Å². The lowest BCUT2D eigenvalue weighted by molar-refractivity contribution is -0.143. The van der Waals surface area contributed by atoms with E-state index in [0.29, 0.717) is 0 Å². The van der Waals surface area contributed by atoms with Gasteiger partial charge in [-0.3, -0.25) is 4.79 Å². The van der Waals surface area contributed by atoms with E-state index in [1.807, 2.05) is 7.05 Å². The first kappa shape index (κ1) is 14.5. The molecule has 0 aromatic heterocycles. The molecule has 4 heteroatoms. The number of nitrogens with one attached hydrogen (secondary N) is 1. The fourth-order valence-electron chi connectivity index (χ4n) is 2.44. The Hall–Kier alpha value is -0.610. The smallest absolute Gasteiger partial charge is 0.322 e. The van der Waals surface area contributed by atoms with Crippen molar-refractivity contribution in [3.8, 4) is 0 Å². The molecule has 1 aliphatic heterocycles. The summed E-state index contributed by atoms with van der Waals surface area (Å²) in [6, 6.07) is -0.168. The van der Waals surface area contributed by atoms with Crippen molar-refractivity contribution in [3.63, 3.8) is 0 Å². The molecule has 0 bridgehead atoms. The average molecular weight is 242 g/mol. The SMILES string of the molecule is CNC(CCN1CCC(C(C)C)C1)C(=O)OC. The lowest BCUT2D eigenvalue weighted by atomic mass is 9.95. The molecule has 100 valence electrons. The van der Waals surface area contributed by atoms with Gasteiger partial charge in [0.05, 0.1) is 7.11 Å². The van der Waals surface area contributed by atoms with Crippen molar-refractivity contribution in [1.29, 1.82) is 0 Å². The monoisotopic (exact) mass is 242 g/mol. The number of hydrogen-bond acceptors (Lipinski definition) is 4. The number of ether oxygens (including phenoxy) is 1. The van der Waals surface area contributed by atoms with Crippen molar-refractivity contribution < 1.29 is 9.53 Å². The van der Waals surface area contributed by atoms with E-state index >= 15 is 0 Å². The Morgan fingerprint density at radius 1 is 1.53 bits per heavy atom. The molecule has 1 heterocycles. The molecule has 1 fully saturated rings. The molecule has 0 aromatic rings. The number of hydrogen-bond donors (Lipinski definition) is 1. The number of carbonyl (C=O) groups excluding carboxylic acids is 1. The van der Waals surface area contributed by atoms with Crippen LogP contribution in [0.2, 0.25) is 0 Å². The third-order valence-corrected chi connectivity index (χ3v) is 3.82. The number of likely N-dealkylation sites (tertiary alicyclic amines) is 1. The number of esters is 1. The minimum Gasteiger partial charge on any atom is -0.468 e. The summed E-state index contributed by atoms with van der Waals surface area (Å²) in [5.74, 6) is 1.42. The van der Waals surface area contributed by atoms with E-state index in [4.69, 9.17) is 4.74 Å². The van der Waals surface area contributed by atoms with Gasteiger partial charge in [0.2, 0.25) is 0 Å². The van der Waals surface area contributed by atoms with Crippen LogP contribution in [0.25, 0.3) is 0 Å². The van der Waals surface area contributed by atoms with Crippen LogP contribution in [0.5, 0.6) is 0 Å². The van der Waals surface area contributed by atoms with E-state index in [1.165, 1.54) is 26.6 Å². The highest BCUT2D eigenvalue weighted by Gasteiger charge is 2.26. The van der Waals surface area contributed by atoms with Crippen LogP contribution in [-0.2, 0) is 9.53 Å². The van der Waals surface area contributed by atoms with E-state index < -0.39 is 0 Å². The Kier molecular flexibility index (Phi) is 5.92. The molecule has 2 unspecified atom stereocenters. The van der Waals surface area contributed by atoms with Gasteiger partial charge >= 0.3 is 5.97 Å². The van der Waals surface area contributed by atoms with Crippen molar-refractivity contribution in [2.45, 2.75) is 32.7 Å². The Balaban J connectivity index is 2.29.